The number of hydrogen-bond donors (Lipinski definition) is 0. The van der Waals surface area contributed by atoms with E-state index in [-0.39, 0.29) is 29.1 Å². The number of Topliss-reactive ketones (excluding diaryl/α,β-unsaturated/α-hetero) is 1. The van der Waals surface area contributed by atoms with Gasteiger partial charge >= 0.3 is 0 Å². The molecule has 136 valence electrons. The fourth-order valence-corrected chi connectivity index (χ4v) is 2.67. The topological polar surface area (TPSA) is 46.6 Å². The van der Waals surface area contributed by atoms with Crippen molar-refractivity contribution >= 4 is 11.7 Å². The third kappa shape index (κ3) is 9.09. The van der Waals surface area contributed by atoms with Crippen LogP contribution in [0.25, 0.3) is 0 Å². The Labute approximate surface area is 143 Å². The average molecular weight is 328 g/mol. The van der Waals surface area contributed by atoms with Crippen LogP contribution in [-0.4, -0.2) is 42.9 Å². The number of ketones is 1. The second kappa shape index (κ2) is 10.1. The highest BCUT2D eigenvalue weighted by molar-refractivity contribution is 5.85. The van der Waals surface area contributed by atoms with Crippen LogP contribution in [-0.2, 0) is 14.3 Å². The van der Waals surface area contributed by atoms with Gasteiger partial charge in [0, 0.05) is 38.0 Å². The first-order chi connectivity index (χ1) is 10.5. The minimum Gasteiger partial charge on any atom is -0.378 e. The second-order valence-electron chi connectivity index (χ2n) is 8.04. The van der Waals surface area contributed by atoms with E-state index in [9.17, 15) is 9.59 Å². The van der Waals surface area contributed by atoms with Crippen molar-refractivity contribution in [3.63, 3.8) is 0 Å². The monoisotopic (exact) mass is 327 g/mol. The van der Waals surface area contributed by atoms with Gasteiger partial charge in [0.05, 0.1) is 6.10 Å². The third-order valence-corrected chi connectivity index (χ3v) is 4.15. The molecule has 4 heteroatoms. The molecule has 0 aliphatic heterocycles. The van der Waals surface area contributed by atoms with E-state index in [1.807, 2.05) is 41.7 Å². The van der Waals surface area contributed by atoms with Gasteiger partial charge in [0.15, 0.2) is 0 Å². The molecular formula is C19H37NO3. The zero-order valence-electron chi connectivity index (χ0n) is 16.4. The molecule has 0 radical (unpaired) electrons. The molecule has 4 nitrogen and oxygen atoms in total. The van der Waals surface area contributed by atoms with Crippen LogP contribution in [0.15, 0.2) is 0 Å². The van der Waals surface area contributed by atoms with Gasteiger partial charge in [0.1, 0.15) is 5.78 Å². The highest BCUT2D eigenvalue weighted by Gasteiger charge is 2.29. The number of nitrogens with zero attached hydrogens (tertiary/aromatic N) is 1. The summed E-state index contributed by atoms with van der Waals surface area (Å²) in [6.07, 6.45) is 1.99. The van der Waals surface area contributed by atoms with E-state index in [1.54, 1.807) is 4.90 Å². The standard InChI is InChI=1S/C19H37NO3/c1-14(2)13-20(8)17(21)10-9-16(5)23-12-11-19(6,7)18(22)15(3)4/h14-16H,9-13H2,1-8H3. The van der Waals surface area contributed by atoms with Crippen LogP contribution in [0.1, 0.15) is 67.7 Å². The zero-order chi connectivity index (χ0) is 18.2. The number of hydrogen-bond acceptors (Lipinski definition) is 3. The molecule has 1 amide bonds. The van der Waals surface area contributed by atoms with Crippen molar-refractivity contribution < 1.29 is 14.3 Å². The highest BCUT2D eigenvalue weighted by Crippen LogP contribution is 2.25. The molecule has 0 aromatic rings. The van der Waals surface area contributed by atoms with Gasteiger partial charge in [-0.2, -0.15) is 0 Å². The molecule has 0 aromatic carbocycles. The van der Waals surface area contributed by atoms with Crippen molar-refractivity contribution in [2.24, 2.45) is 17.3 Å². The van der Waals surface area contributed by atoms with Crippen LogP contribution < -0.4 is 0 Å². The fourth-order valence-electron chi connectivity index (χ4n) is 2.67. The lowest BCUT2D eigenvalue weighted by atomic mass is 9.80. The molecule has 1 unspecified atom stereocenters. The quantitative estimate of drug-likeness (QED) is 0.578. The van der Waals surface area contributed by atoms with E-state index in [0.29, 0.717) is 18.9 Å². The smallest absolute Gasteiger partial charge is 0.222 e. The van der Waals surface area contributed by atoms with E-state index >= 15 is 0 Å². The largest absolute Gasteiger partial charge is 0.378 e. The van der Waals surface area contributed by atoms with E-state index in [2.05, 4.69) is 13.8 Å². The highest BCUT2D eigenvalue weighted by atomic mass is 16.5. The van der Waals surface area contributed by atoms with Crippen LogP contribution in [0.4, 0.5) is 0 Å². The van der Waals surface area contributed by atoms with Crippen molar-refractivity contribution in [3.8, 4) is 0 Å². The van der Waals surface area contributed by atoms with Gasteiger partial charge < -0.3 is 9.64 Å². The summed E-state index contributed by atoms with van der Waals surface area (Å²) in [5, 5.41) is 0. The third-order valence-electron chi connectivity index (χ3n) is 4.15. The number of amides is 1. The summed E-state index contributed by atoms with van der Waals surface area (Å²) < 4.78 is 5.80. The molecule has 0 aliphatic carbocycles. The number of carbonyl (C=O) groups is 2. The van der Waals surface area contributed by atoms with Crippen molar-refractivity contribution in [2.45, 2.75) is 73.8 Å². The summed E-state index contributed by atoms with van der Waals surface area (Å²) in [4.78, 5) is 25.9. The lowest BCUT2D eigenvalue weighted by molar-refractivity contribution is -0.131. The number of rotatable bonds is 11. The van der Waals surface area contributed by atoms with E-state index in [4.69, 9.17) is 4.74 Å². The maximum absolute atomic E-state index is 12.1. The normalized spacial score (nSPS) is 13.5. The first-order valence-electron chi connectivity index (χ1n) is 8.87. The van der Waals surface area contributed by atoms with Crippen LogP contribution in [0.5, 0.6) is 0 Å². The molecule has 0 fully saturated rings. The van der Waals surface area contributed by atoms with Crippen LogP contribution in [0.2, 0.25) is 0 Å². The number of ether oxygens (including phenoxy) is 1. The molecule has 0 heterocycles. The number of carbonyl (C=O) groups excluding carboxylic acids is 2. The fraction of sp³-hybridized carbons (Fsp3) is 0.895. The Bertz CT molecular complexity index is 375. The summed E-state index contributed by atoms with van der Waals surface area (Å²) in [6, 6.07) is 0. The molecule has 0 N–H and O–H groups in total. The Kier molecular flexibility index (Phi) is 9.67. The van der Waals surface area contributed by atoms with Gasteiger partial charge in [0.25, 0.3) is 0 Å². The maximum atomic E-state index is 12.1. The van der Waals surface area contributed by atoms with E-state index in [0.717, 1.165) is 19.4 Å². The molecule has 1 atom stereocenters. The molecule has 0 rings (SSSR count). The van der Waals surface area contributed by atoms with Gasteiger partial charge in [0.2, 0.25) is 5.91 Å². The maximum Gasteiger partial charge on any atom is 0.222 e. The van der Waals surface area contributed by atoms with Crippen molar-refractivity contribution in [3.05, 3.63) is 0 Å². The van der Waals surface area contributed by atoms with Crippen molar-refractivity contribution in [1.29, 1.82) is 0 Å². The van der Waals surface area contributed by atoms with Crippen LogP contribution in [0.3, 0.4) is 0 Å². The minimum atomic E-state index is -0.346. The Hall–Kier alpha value is -0.900. The molecule has 0 saturated heterocycles. The molecular weight excluding hydrogens is 290 g/mol. The first kappa shape index (κ1) is 22.1. The van der Waals surface area contributed by atoms with Gasteiger partial charge in [-0.1, -0.05) is 41.5 Å². The van der Waals surface area contributed by atoms with Crippen molar-refractivity contribution in [2.75, 3.05) is 20.2 Å². The molecule has 23 heavy (non-hydrogen) atoms. The SMILES string of the molecule is CC(C)CN(C)C(=O)CCC(C)OCCC(C)(C)C(=O)C(C)C. The molecule has 0 bridgehead atoms. The van der Waals surface area contributed by atoms with Crippen molar-refractivity contribution in [1.82, 2.24) is 4.90 Å². The Morgan fingerprint density at radius 2 is 1.65 bits per heavy atom. The van der Waals surface area contributed by atoms with Crippen LogP contribution in [0, 0.1) is 17.3 Å². The minimum absolute atomic E-state index is 0.0383. The van der Waals surface area contributed by atoms with Gasteiger partial charge in [-0.05, 0) is 25.7 Å². The molecule has 0 saturated carbocycles. The van der Waals surface area contributed by atoms with E-state index < -0.39 is 0 Å². The Balaban J connectivity index is 4.06. The molecule has 0 spiro atoms. The summed E-state index contributed by atoms with van der Waals surface area (Å²) in [6.45, 7) is 15.4. The average Bonchev–Trinajstić information content (AvgIpc) is 2.42. The van der Waals surface area contributed by atoms with Crippen LogP contribution >= 0.6 is 0 Å². The Morgan fingerprint density at radius 3 is 2.13 bits per heavy atom. The lowest BCUT2D eigenvalue weighted by Gasteiger charge is -2.26. The lowest BCUT2D eigenvalue weighted by Crippen LogP contribution is -2.31. The van der Waals surface area contributed by atoms with Gasteiger partial charge in [-0.15, -0.1) is 0 Å². The zero-order valence-corrected chi connectivity index (χ0v) is 16.4. The summed E-state index contributed by atoms with van der Waals surface area (Å²) in [5.74, 6) is 0.985. The summed E-state index contributed by atoms with van der Waals surface area (Å²) in [5.41, 5.74) is -0.346. The molecule has 0 aliphatic rings. The van der Waals surface area contributed by atoms with E-state index in [1.165, 1.54) is 0 Å². The molecule has 0 aromatic heterocycles. The summed E-state index contributed by atoms with van der Waals surface area (Å²) in [7, 11) is 1.86. The first-order valence-corrected chi connectivity index (χ1v) is 8.87. The summed E-state index contributed by atoms with van der Waals surface area (Å²) >= 11 is 0. The van der Waals surface area contributed by atoms with Gasteiger partial charge in [-0.25, -0.2) is 0 Å². The second-order valence-corrected chi connectivity index (χ2v) is 8.04. The predicted molar refractivity (Wildman–Crippen MR) is 95.4 cm³/mol. The van der Waals surface area contributed by atoms with Gasteiger partial charge in [-0.3, -0.25) is 9.59 Å². The predicted octanol–water partition coefficient (Wildman–Crippen LogP) is 3.93. The Morgan fingerprint density at radius 1 is 1.09 bits per heavy atom.